The summed E-state index contributed by atoms with van der Waals surface area (Å²) in [7, 11) is 0.639. The van der Waals surface area contributed by atoms with Crippen molar-refractivity contribution >= 4 is 16.2 Å². The minimum atomic E-state index is -3.58. The van der Waals surface area contributed by atoms with Gasteiger partial charge in [-0.25, -0.2) is 0 Å². The first-order valence-corrected chi connectivity index (χ1v) is 7.92. The molecule has 0 aliphatic carbocycles. The highest BCUT2D eigenvalue weighted by Crippen LogP contribution is 2.06. The first-order chi connectivity index (χ1) is 9.87. The standard InChI is InChI=1S/C13H21N3O4S/c1-15(10-7-12-6-4-5-9-14-12)21(18,19)16(2)11-8-13(17)20-3/h4-6,9H,7-8,10-11H2,1-3H3. The van der Waals surface area contributed by atoms with E-state index in [-0.39, 0.29) is 13.0 Å². The van der Waals surface area contributed by atoms with Crippen LogP contribution in [0.15, 0.2) is 24.4 Å². The van der Waals surface area contributed by atoms with Gasteiger partial charge in [-0.2, -0.15) is 17.0 Å². The molecule has 8 heteroatoms. The van der Waals surface area contributed by atoms with Crippen LogP contribution in [0.1, 0.15) is 12.1 Å². The molecule has 0 unspecified atom stereocenters. The van der Waals surface area contributed by atoms with E-state index in [2.05, 4.69) is 9.72 Å². The number of likely N-dealkylation sites (N-methyl/N-ethyl adjacent to an activating group) is 1. The Hall–Kier alpha value is -1.51. The summed E-state index contributed by atoms with van der Waals surface area (Å²) in [6.07, 6.45) is 2.23. The molecule has 0 N–H and O–H groups in total. The van der Waals surface area contributed by atoms with Crippen molar-refractivity contribution in [2.24, 2.45) is 0 Å². The highest BCUT2D eigenvalue weighted by Gasteiger charge is 2.23. The summed E-state index contributed by atoms with van der Waals surface area (Å²) >= 11 is 0. The number of aromatic nitrogens is 1. The lowest BCUT2D eigenvalue weighted by atomic mass is 10.3. The molecule has 0 aliphatic heterocycles. The van der Waals surface area contributed by atoms with Gasteiger partial charge in [0.2, 0.25) is 0 Å². The molecule has 0 radical (unpaired) electrons. The Balaban J connectivity index is 2.54. The second-order valence-corrected chi connectivity index (χ2v) is 6.69. The maximum absolute atomic E-state index is 12.2. The number of hydrogen-bond donors (Lipinski definition) is 0. The SMILES string of the molecule is COC(=O)CCN(C)S(=O)(=O)N(C)CCc1ccccn1. The molecule has 0 fully saturated rings. The highest BCUT2D eigenvalue weighted by atomic mass is 32.2. The fourth-order valence-corrected chi connectivity index (χ4v) is 2.76. The van der Waals surface area contributed by atoms with Gasteiger partial charge in [0.15, 0.2) is 0 Å². The third-order valence-electron chi connectivity index (χ3n) is 3.06. The molecular formula is C13H21N3O4S. The summed E-state index contributed by atoms with van der Waals surface area (Å²) in [6, 6.07) is 5.52. The predicted octanol–water partition coefficient (Wildman–Crippen LogP) is 0.296. The summed E-state index contributed by atoms with van der Waals surface area (Å²) in [6.45, 7) is 0.408. The molecule has 1 aromatic heterocycles. The van der Waals surface area contributed by atoms with Gasteiger partial charge in [-0.1, -0.05) is 6.07 Å². The number of carbonyl (C=O) groups is 1. The average molecular weight is 315 g/mol. The van der Waals surface area contributed by atoms with Crippen molar-refractivity contribution in [3.05, 3.63) is 30.1 Å². The molecule has 0 bridgehead atoms. The number of rotatable bonds is 8. The first-order valence-electron chi connectivity index (χ1n) is 6.52. The molecule has 1 aromatic rings. The van der Waals surface area contributed by atoms with Crippen molar-refractivity contribution in [2.75, 3.05) is 34.3 Å². The number of ether oxygens (including phenoxy) is 1. The van der Waals surface area contributed by atoms with Gasteiger partial charge in [0.25, 0.3) is 10.2 Å². The van der Waals surface area contributed by atoms with Gasteiger partial charge in [-0.3, -0.25) is 9.78 Å². The van der Waals surface area contributed by atoms with Gasteiger partial charge in [0, 0.05) is 45.5 Å². The molecule has 21 heavy (non-hydrogen) atoms. The van der Waals surface area contributed by atoms with E-state index in [9.17, 15) is 13.2 Å². The van der Waals surface area contributed by atoms with Crippen LogP contribution in [0.25, 0.3) is 0 Å². The van der Waals surface area contributed by atoms with Crippen LogP contribution >= 0.6 is 0 Å². The smallest absolute Gasteiger partial charge is 0.306 e. The zero-order valence-electron chi connectivity index (χ0n) is 12.5. The summed E-state index contributed by atoms with van der Waals surface area (Å²) in [5.41, 5.74) is 0.830. The lowest BCUT2D eigenvalue weighted by Crippen LogP contribution is -2.41. The van der Waals surface area contributed by atoms with Crippen LogP contribution in [0, 0.1) is 0 Å². The molecule has 1 heterocycles. The normalized spacial score (nSPS) is 11.9. The Kier molecular flexibility index (Phi) is 6.73. The van der Waals surface area contributed by atoms with E-state index in [1.54, 1.807) is 6.20 Å². The number of carbonyl (C=O) groups excluding carboxylic acids is 1. The van der Waals surface area contributed by atoms with Crippen LogP contribution in [-0.4, -0.2) is 62.3 Å². The van der Waals surface area contributed by atoms with E-state index < -0.39 is 16.2 Å². The second kappa shape index (κ2) is 8.06. The van der Waals surface area contributed by atoms with Crippen molar-refractivity contribution < 1.29 is 17.9 Å². The van der Waals surface area contributed by atoms with Crippen LogP contribution in [0.5, 0.6) is 0 Å². The minimum Gasteiger partial charge on any atom is -0.469 e. The molecule has 7 nitrogen and oxygen atoms in total. The molecule has 0 amide bonds. The zero-order valence-corrected chi connectivity index (χ0v) is 13.3. The van der Waals surface area contributed by atoms with Crippen LogP contribution in [0.3, 0.4) is 0 Å². The van der Waals surface area contributed by atoms with E-state index in [0.717, 1.165) is 10.00 Å². The van der Waals surface area contributed by atoms with Crippen LogP contribution in [-0.2, 0) is 26.2 Å². The van der Waals surface area contributed by atoms with Crippen LogP contribution in [0.2, 0.25) is 0 Å². The van der Waals surface area contributed by atoms with Crippen molar-refractivity contribution in [3.63, 3.8) is 0 Å². The molecule has 0 aliphatic rings. The van der Waals surface area contributed by atoms with Crippen LogP contribution < -0.4 is 0 Å². The molecule has 118 valence electrons. The lowest BCUT2D eigenvalue weighted by molar-refractivity contribution is -0.140. The quantitative estimate of drug-likeness (QED) is 0.644. The predicted molar refractivity (Wildman–Crippen MR) is 78.8 cm³/mol. The average Bonchev–Trinajstić information content (AvgIpc) is 2.50. The third-order valence-corrected chi connectivity index (χ3v) is 5.00. The fourth-order valence-electron chi connectivity index (χ4n) is 1.64. The number of methoxy groups -OCH3 is 1. The van der Waals surface area contributed by atoms with E-state index >= 15 is 0 Å². The molecular weight excluding hydrogens is 294 g/mol. The van der Waals surface area contributed by atoms with E-state index in [1.807, 2.05) is 18.2 Å². The summed E-state index contributed by atoms with van der Waals surface area (Å²) < 4.78 is 31.4. The number of pyridine rings is 1. The van der Waals surface area contributed by atoms with E-state index in [1.165, 1.54) is 25.5 Å². The second-order valence-electron chi connectivity index (χ2n) is 4.55. The zero-order chi connectivity index (χ0) is 15.9. The van der Waals surface area contributed by atoms with E-state index in [0.29, 0.717) is 13.0 Å². The molecule has 0 aromatic carbocycles. The number of hydrogen-bond acceptors (Lipinski definition) is 5. The van der Waals surface area contributed by atoms with Crippen molar-refractivity contribution in [1.29, 1.82) is 0 Å². The Morgan fingerprint density at radius 2 is 1.90 bits per heavy atom. The molecule has 0 saturated heterocycles. The number of nitrogens with zero attached hydrogens (tertiary/aromatic N) is 3. The lowest BCUT2D eigenvalue weighted by Gasteiger charge is -2.23. The summed E-state index contributed by atoms with van der Waals surface area (Å²) in [5, 5.41) is 0. The highest BCUT2D eigenvalue weighted by molar-refractivity contribution is 7.86. The Morgan fingerprint density at radius 1 is 1.24 bits per heavy atom. The van der Waals surface area contributed by atoms with Gasteiger partial charge < -0.3 is 4.74 Å². The third kappa shape index (κ3) is 5.41. The maximum Gasteiger partial charge on any atom is 0.306 e. The Labute approximate surface area is 125 Å². The van der Waals surface area contributed by atoms with Crippen molar-refractivity contribution in [1.82, 2.24) is 13.6 Å². The van der Waals surface area contributed by atoms with Crippen LogP contribution in [0.4, 0.5) is 0 Å². The monoisotopic (exact) mass is 315 g/mol. The maximum atomic E-state index is 12.2. The summed E-state index contributed by atoms with van der Waals surface area (Å²) in [4.78, 5) is 15.2. The molecule has 0 saturated carbocycles. The number of esters is 1. The van der Waals surface area contributed by atoms with Gasteiger partial charge in [0.05, 0.1) is 13.5 Å². The Bertz CT molecular complexity index is 548. The Morgan fingerprint density at radius 3 is 2.48 bits per heavy atom. The van der Waals surface area contributed by atoms with Gasteiger partial charge >= 0.3 is 5.97 Å². The van der Waals surface area contributed by atoms with Crippen molar-refractivity contribution in [2.45, 2.75) is 12.8 Å². The largest absolute Gasteiger partial charge is 0.469 e. The van der Waals surface area contributed by atoms with E-state index in [4.69, 9.17) is 0 Å². The van der Waals surface area contributed by atoms with Gasteiger partial charge in [-0.05, 0) is 12.1 Å². The summed E-state index contributed by atoms with van der Waals surface area (Å²) in [5.74, 6) is -0.437. The van der Waals surface area contributed by atoms with Crippen molar-refractivity contribution in [3.8, 4) is 0 Å². The van der Waals surface area contributed by atoms with Gasteiger partial charge in [-0.15, -0.1) is 0 Å². The molecule has 0 atom stereocenters. The first kappa shape index (κ1) is 17.5. The minimum absolute atomic E-state index is 0.0281. The molecule has 1 rings (SSSR count). The molecule has 0 spiro atoms. The van der Waals surface area contributed by atoms with Gasteiger partial charge in [0.1, 0.15) is 0 Å². The fraction of sp³-hybridized carbons (Fsp3) is 0.538. The topological polar surface area (TPSA) is 79.8 Å².